The maximum absolute atomic E-state index is 12.6. The van der Waals surface area contributed by atoms with Crippen molar-refractivity contribution in [3.05, 3.63) is 36.0 Å². The Morgan fingerprint density at radius 2 is 2.12 bits per heavy atom. The molecule has 1 fully saturated rings. The van der Waals surface area contributed by atoms with Gasteiger partial charge in [-0.25, -0.2) is 4.98 Å². The molecule has 1 aliphatic rings. The highest BCUT2D eigenvalue weighted by atomic mass is 19.4. The van der Waals surface area contributed by atoms with Gasteiger partial charge in [-0.3, -0.25) is 4.79 Å². The summed E-state index contributed by atoms with van der Waals surface area (Å²) in [4.78, 5) is 15.4. The molecule has 2 atom stereocenters. The van der Waals surface area contributed by atoms with Crippen LogP contribution in [0, 0.1) is 5.92 Å². The van der Waals surface area contributed by atoms with Gasteiger partial charge in [-0.2, -0.15) is 13.2 Å². The average Bonchev–Trinajstić information content (AvgIpc) is 2.59. The number of rotatable bonds is 4. The number of nitrogens with zero attached hydrogens (tertiary/aromatic N) is 1. The van der Waals surface area contributed by atoms with Crippen molar-refractivity contribution in [3.8, 4) is 5.88 Å². The average molecular weight is 354 g/mol. The van der Waals surface area contributed by atoms with Gasteiger partial charge in [0.15, 0.2) is 6.10 Å². The number of primary amides is 1. The molecule has 0 radical (unpaired) electrons. The summed E-state index contributed by atoms with van der Waals surface area (Å²) < 4.78 is 48.3. The van der Waals surface area contributed by atoms with Crippen LogP contribution < -0.4 is 10.5 Å². The predicted octanol–water partition coefficient (Wildman–Crippen LogP) is 3.07. The molecule has 8 heteroatoms. The monoisotopic (exact) mass is 354 g/mol. The zero-order valence-corrected chi connectivity index (χ0v) is 13.3. The van der Waals surface area contributed by atoms with Crippen LogP contribution in [0.3, 0.4) is 0 Å². The fraction of sp³-hybridized carbons (Fsp3) is 0.412. The van der Waals surface area contributed by atoms with Gasteiger partial charge < -0.3 is 15.2 Å². The van der Waals surface area contributed by atoms with Gasteiger partial charge in [0.1, 0.15) is 0 Å². The number of benzene rings is 1. The summed E-state index contributed by atoms with van der Waals surface area (Å²) in [6, 6.07) is 6.64. The molecule has 1 aromatic heterocycles. The van der Waals surface area contributed by atoms with Crippen molar-refractivity contribution < 1.29 is 27.4 Å². The molecular weight excluding hydrogens is 337 g/mol. The standard InChI is InChI=1S/C17H17F3N2O3/c18-17(19,20)14-4-1-10(8-24-14)9-25-16-13-3-2-12(15(21)23)7-11(13)5-6-22-16/h2-3,5-7,10,14H,1,4,8-9H2,(H2,21,23)/t10-,14+/m0/s1. The lowest BCUT2D eigenvalue weighted by atomic mass is 9.99. The lowest BCUT2D eigenvalue weighted by molar-refractivity contribution is -0.236. The zero-order valence-electron chi connectivity index (χ0n) is 13.3. The Kier molecular flexibility index (Phi) is 4.80. The Hall–Kier alpha value is -2.35. The number of nitrogens with two attached hydrogens (primary N) is 1. The van der Waals surface area contributed by atoms with Gasteiger partial charge in [-0.05, 0) is 42.5 Å². The molecule has 1 aliphatic heterocycles. The molecule has 2 heterocycles. The fourth-order valence-electron chi connectivity index (χ4n) is 2.81. The molecule has 0 spiro atoms. The van der Waals surface area contributed by atoms with Gasteiger partial charge in [-0.15, -0.1) is 0 Å². The normalized spacial score (nSPS) is 21.2. The van der Waals surface area contributed by atoms with Crippen LogP contribution in [0.2, 0.25) is 0 Å². The van der Waals surface area contributed by atoms with Crippen LogP contribution in [0.5, 0.6) is 5.88 Å². The molecule has 25 heavy (non-hydrogen) atoms. The van der Waals surface area contributed by atoms with Gasteiger partial charge in [0, 0.05) is 23.1 Å². The van der Waals surface area contributed by atoms with Crippen LogP contribution in [0.25, 0.3) is 10.8 Å². The predicted molar refractivity (Wildman–Crippen MR) is 84.3 cm³/mol. The van der Waals surface area contributed by atoms with Crippen molar-refractivity contribution in [2.45, 2.75) is 25.1 Å². The van der Waals surface area contributed by atoms with E-state index in [1.165, 1.54) is 0 Å². The molecule has 5 nitrogen and oxygen atoms in total. The molecular formula is C17H17F3N2O3. The van der Waals surface area contributed by atoms with Crippen LogP contribution >= 0.6 is 0 Å². The number of pyridine rings is 1. The number of hydrogen-bond acceptors (Lipinski definition) is 4. The van der Waals surface area contributed by atoms with E-state index in [9.17, 15) is 18.0 Å². The second-order valence-corrected chi connectivity index (χ2v) is 6.03. The first-order valence-electron chi connectivity index (χ1n) is 7.84. The van der Waals surface area contributed by atoms with E-state index < -0.39 is 18.2 Å². The number of alkyl halides is 3. The molecule has 2 aromatic rings. The minimum Gasteiger partial charge on any atom is -0.477 e. The first-order valence-corrected chi connectivity index (χ1v) is 7.84. The number of halogens is 3. The van der Waals surface area contributed by atoms with Crippen LogP contribution in [0.1, 0.15) is 23.2 Å². The number of ether oxygens (including phenoxy) is 2. The minimum atomic E-state index is -4.32. The molecule has 134 valence electrons. The number of hydrogen-bond donors (Lipinski definition) is 1. The Morgan fingerprint density at radius 1 is 1.32 bits per heavy atom. The second kappa shape index (κ2) is 6.87. The summed E-state index contributed by atoms with van der Waals surface area (Å²) in [5.74, 6) is -0.285. The maximum atomic E-state index is 12.6. The maximum Gasteiger partial charge on any atom is 0.414 e. The zero-order chi connectivity index (χ0) is 18.0. The summed E-state index contributed by atoms with van der Waals surface area (Å²) in [6.07, 6.45) is -4.16. The van der Waals surface area contributed by atoms with Crippen LogP contribution in [0.4, 0.5) is 13.2 Å². The molecule has 2 N–H and O–H groups in total. The van der Waals surface area contributed by atoms with Crippen molar-refractivity contribution in [2.75, 3.05) is 13.2 Å². The topological polar surface area (TPSA) is 74.4 Å². The second-order valence-electron chi connectivity index (χ2n) is 6.03. The third kappa shape index (κ3) is 4.01. The van der Waals surface area contributed by atoms with Crippen LogP contribution in [-0.2, 0) is 4.74 Å². The number of carbonyl (C=O) groups is 1. The van der Waals surface area contributed by atoms with E-state index in [0.717, 1.165) is 5.39 Å². The first-order chi connectivity index (χ1) is 11.8. The summed E-state index contributed by atoms with van der Waals surface area (Å²) in [5.41, 5.74) is 5.64. The lowest BCUT2D eigenvalue weighted by Crippen LogP contribution is -2.38. The van der Waals surface area contributed by atoms with E-state index in [1.807, 2.05) is 0 Å². The molecule has 1 amide bonds. The Balaban J connectivity index is 1.65. The molecule has 3 rings (SSSR count). The number of fused-ring (bicyclic) bond motifs is 1. The van der Waals surface area contributed by atoms with Gasteiger partial charge in [-0.1, -0.05) is 0 Å². The van der Waals surface area contributed by atoms with E-state index in [1.54, 1.807) is 30.5 Å². The van der Waals surface area contributed by atoms with Gasteiger partial charge >= 0.3 is 6.18 Å². The Bertz CT molecular complexity index is 771. The number of carbonyl (C=O) groups excluding carboxylic acids is 1. The third-order valence-electron chi connectivity index (χ3n) is 4.20. The van der Waals surface area contributed by atoms with Gasteiger partial charge in [0.25, 0.3) is 0 Å². The van der Waals surface area contributed by atoms with Gasteiger partial charge in [0.05, 0.1) is 13.2 Å². The van der Waals surface area contributed by atoms with Crippen molar-refractivity contribution in [1.29, 1.82) is 0 Å². The quantitative estimate of drug-likeness (QED) is 0.916. The van der Waals surface area contributed by atoms with Gasteiger partial charge in [0.2, 0.25) is 11.8 Å². The summed E-state index contributed by atoms with van der Waals surface area (Å²) in [6.45, 7) is 0.217. The largest absolute Gasteiger partial charge is 0.477 e. The van der Waals surface area contributed by atoms with E-state index in [2.05, 4.69) is 4.98 Å². The smallest absolute Gasteiger partial charge is 0.414 e. The van der Waals surface area contributed by atoms with Crippen molar-refractivity contribution >= 4 is 16.7 Å². The number of amides is 1. The first kappa shape index (κ1) is 17.5. The van der Waals surface area contributed by atoms with Crippen LogP contribution in [0.15, 0.2) is 30.5 Å². The SMILES string of the molecule is NC(=O)c1ccc2c(OC[C@H]3CC[C@H](C(F)(F)F)OC3)nccc2c1. The fourth-order valence-corrected chi connectivity index (χ4v) is 2.81. The van der Waals surface area contributed by atoms with E-state index in [-0.39, 0.29) is 25.6 Å². The lowest BCUT2D eigenvalue weighted by Gasteiger charge is -2.30. The third-order valence-corrected chi connectivity index (χ3v) is 4.20. The highest BCUT2D eigenvalue weighted by Crippen LogP contribution is 2.32. The summed E-state index contributed by atoms with van der Waals surface area (Å²) in [7, 11) is 0. The summed E-state index contributed by atoms with van der Waals surface area (Å²) in [5, 5.41) is 1.45. The molecule has 0 unspecified atom stereocenters. The minimum absolute atomic E-state index is 0.000760. The van der Waals surface area contributed by atoms with E-state index in [4.69, 9.17) is 15.2 Å². The molecule has 0 aliphatic carbocycles. The van der Waals surface area contributed by atoms with E-state index >= 15 is 0 Å². The van der Waals surface area contributed by atoms with E-state index in [0.29, 0.717) is 23.3 Å². The highest BCUT2D eigenvalue weighted by molar-refractivity contribution is 5.98. The molecule has 1 aromatic carbocycles. The highest BCUT2D eigenvalue weighted by Gasteiger charge is 2.42. The Morgan fingerprint density at radius 3 is 2.76 bits per heavy atom. The van der Waals surface area contributed by atoms with Crippen molar-refractivity contribution in [2.24, 2.45) is 11.7 Å². The summed E-state index contributed by atoms with van der Waals surface area (Å²) >= 11 is 0. The number of aromatic nitrogens is 1. The van der Waals surface area contributed by atoms with Crippen LogP contribution in [-0.4, -0.2) is 36.4 Å². The molecule has 0 bridgehead atoms. The Labute approximate surface area is 141 Å². The van der Waals surface area contributed by atoms with Crippen molar-refractivity contribution in [3.63, 3.8) is 0 Å². The van der Waals surface area contributed by atoms with Crippen molar-refractivity contribution in [1.82, 2.24) is 4.98 Å². The molecule has 0 saturated carbocycles. The molecule has 1 saturated heterocycles.